The molecular formula is C36H42IN4O5S+. The summed E-state index contributed by atoms with van der Waals surface area (Å²) < 4.78 is 13.8. The van der Waals surface area contributed by atoms with Gasteiger partial charge in [0.25, 0.3) is 5.91 Å². The standard InChI is InChI=1S/C36H41IN4O5S/c1-23(2)34-21-38-29-11-6-24(18-33(29)47-34)35-27-9-7-25(39-12-4-3-5-13-39)19-31(27)45-32-20-26(8-10-28(32)35)40-14-16-41(17-15-40)36(43)30(42)22-44-46-37/h6-11,18-20,23,30,34,42H,3-5,12-17,21-22H2,1-2H3/p+1. The number of rotatable bonds is 7. The highest BCUT2D eigenvalue weighted by atomic mass is 127. The Morgan fingerprint density at radius 2 is 1.87 bits per heavy atom. The number of aliphatic hydroxyl groups excluding tert-OH is 1. The summed E-state index contributed by atoms with van der Waals surface area (Å²) in [6.45, 7) is 9.86. The molecule has 2 atom stereocenters. The Bertz CT molecular complexity index is 1800. The zero-order chi connectivity index (χ0) is 32.5. The minimum absolute atomic E-state index is 0.193. The summed E-state index contributed by atoms with van der Waals surface area (Å²) in [5, 5.41) is 16.7. The van der Waals surface area contributed by atoms with Crippen LogP contribution in [0.15, 0.2) is 63.9 Å². The Morgan fingerprint density at radius 3 is 2.64 bits per heavy atom. The topological polar surface area (TPSA) is 90.4 Å². The molecule has 2 aromatic rings. The number of nitrogens with zero attached hydrogens (tertiary/aromatic N) is 3. The molecule has 1 aliphatic carbocycles. The van der Waals surface area contributed by atoms with E-state index in [1.54, 1.807) is 27.9 Å². The number of thioether (sulfide) groups is 1. The van der Waals surface area contributed by atoms with Crippen molar-refractivity contribution in [1.82, 2.24) is 9.48 Å². The number of halogens is 1. The first-order chi connectivity index (χ1) is 22.9. The predicted molar refractivity (Wildman–Crippen MR) is 196 cm³/mol. The lowest BCUT2D eigenvalue weighted by molar-refractivity contribution is -0.193. The normalized spacial score (nSPS) is 19.3. The zero-order valence-corrected chi connectivity index (χ0v) is 29.9. The smallest absolute Gasteiger partial charge is 0.254 e. The first-order valence-electron chi connectivity index (χ1n) is 16.6. The van der Waals surface area contributed by atoms with Crippen LogP contribution in [0, 0.1) is 5.92 Å². The molecule has 1 amide bonds. The van der Waals surface area contributed by atoms with Crippen molar-refractivity contribution >= 4 is 63.0 Å². The highest BCUT2D eigenvalue weighted by molar-refractivity contribution is 14.1. The number of amides is 1. The molecule has 47 heavy (non-hydrogen) atoms. The van der Waals surface area contributed by atoms with E-state index in [1.165, 1.54) is 46.3 Å². The highest BCUT2D eigenvalue weighted by Crippen LogP contribution is 2.45. The first-order valence-corrected chi connectivity index (χ1v) is 18.4. The number of piperidine rings is 1. The third-order valence-electron chi connectivity index (χ3n) is 9.71. The predicted octanol–water partition coefficient (Wildman–Crippen LogP) is 6.01. The Kier molecular flexibility index (Phi) is 9.97. The molecule has 9 nitrogen and oxygen atoms in total. The molecule has 7 rings (SSSR count). The molecule has 0 bridgehead atoms. The van der Waals surface area contributed by atoms with Gasteiger partial charge >= 0.3 is 0 Å². The fraction of sp³-hybridized carbons (Fsp3) is 0.444. The molecule has 2 unspecified atom stereocenters. The van der Waals surface area contributed by atoms with Crippen LogP contribution in [-0.4, -0.2) is 79.7 Å². The van der Waals surface area contributed by atoms with Crippen LogP contribution in [0.5, 0.6) is 0 Å². The molecular weight excluding hydrogens is 727 g/mol. The molecule has 248 valence electrons. The van der Waals surface area contributed by atoms with Gasteiger partial charge in [0.1, 0.15) is 31.0 Å². The van der Waals surface area contributed by atoms with Crippen molar-refractivity contribution in [2.24, 2.45) is 5.92 Å². The quantitative estimate of drug-likeness (QED) is 0.0778. The van der Waals surface area contributed by atoms with Gasteiger partial charge < -0.3 is 24.6 Å². The van der Waals surface area contributed by atoms with E-state index in [0.717, 1.165) is 47.6 Å². The van der Waals surface area contributed by atoms with Crippen molar-refractivity contribution in [3.8, 4) is 22.5 Å². The first kappa shape index (κ1) is 32.7. The van der Waals surface area contributed by atoms with Gasteiger partial charge in [-0.05, 0) is 48.2 Å². The van der Waals surface area contributed by atoms with E-state index in [-0.39, 0.29) is 12.5 Å². The second kappa shape index (κ2) is 14.3. The summed E-state index contributed by atoms with van der Waals surface area (Å²) in [5.74, 6) is 1.13. The largest absolute Gasteiger partial charge is 0.456 e. The average Bonchev–Trinajstić information content (AvgIpc) is 3.12. The average molecular weight is 770 g/mol. The molecule has 11 heteroatoms. The Morgan fingerprint density at radius 1 is 1.06 bits per heavy atom. The maximum atomic E-state index is 12.7. The molecule has 2 fully saturated rings. The van der Waals surface area contributed by atoms with E-state index in [2.05, 4.69) is 86.5 Å². The summed E-state index contributed by atoms with van der Waals surface area (Å²) >= 11 is 3.55. The van der Waals surface area contributed by atoms with Crippen LogP contribution in [-0.2, 0) is 12.9 Å². The van der Waals surface area contributed by atoms with Gasteiger partial charge in [0.15, 0.2) is 29.1 Å². The maximum Gasteiger partial charge on any atom is 0.254 e. The number of hydrogen-bond donors (Lipinski definition) is 2. The molecule has 2 N–H and O–H groups in total. The highest BCUT2D eigenvalue weighted by Gasteiger charge is 2.28. The lowest BCUT2D eigenvalue weighted by Gasteiger charge is -2.36. The molecule has 0 spiro atoms. The van der Waals surface area contributed by atoms with Gasteiger partial charge in [0.05, 0.1) is 6.07 Å². The van der Waals surface area contributed by atoms with Crippen molar-refractivity contribution in [1.29, 1.82) is 0 Å². The van der Waals surface area contributed by atoms with E-state index in [0.29, 0.717) is 37.3 Å². The second-order valence-electron chi connectivity index (χ2n) is 13.1. The van der Waals surface area contributed by atoms with Crippen LogP contribution in [0.3, 0.4) is 0 Å². The van der Waals surface area contributed by atoms with Gasteiger partial charge in [-0.2, -0.15) is 3.22 Å². The lowest BCUT2D eigenvalue weighted by atomic mass is 9.93. The van der Waals surface area contributed by atoms with E-state index >= 15 is 0 Å². The number of carbonyl (C=O) groups excluding carboxylic acids is 1. The van der Waals surface area contributed by atoms with Crippen molar-refractivity contribution in [3.63, 3.8) is 0 Å². The Labute approximate surface area is 293 Å². The monoisotopic (exact) mass is 769 g/mol. The number of carbonyl (C=O) groups is 1. The number of piperazine rings is 1. The summed E-state index contributed by atoms with van der Waals surface area (Å²) in [6, 6.07) is 20.0. The maximum absolute atomic E-state index is 12.7. The zero-order valence-electron chi connectivity index (χ0n) is 26.9. The Hall–Kier alpha value is -2.84. The van der Waals surface area contributed by atoms with Crippen molar-refractivity contribution in [3.05, 3.63) is 60.0 Å². The van der Waals surface area contributed by atoms with Gasteiger partial charge in [-0.25, -0.2) is 9.46 Å². The van der Waals surface area contributed by atoms with Crippen molar-refractivity contribution in [2.45, 2.75) is 49.4 Å². The van der Waals surface area contributed by atoms with Crippen LogP contribution in [0.2, 0.25) is 0 Å². The summed E-state index contributed by atoms with van der Waals surface area (Å²) in [4.78, 5) is 22.7. The number of benzene rings is 3. The van der Waals surface area contributed by atoms with Gasteiger partial charge in [-0.15, -0.1) is 11.8 Å². The van der Waals surface area contributed by atoms with Crippen LogP contribution in [0.4, 0.5) is 11.4 Å². The molecule has 2 saturated heterocycles. The molecule has 0 aromatic heterocycles. The SMILES string of the molecule is CC(C)C1CNc2ccc(-c3c4ccc(=[N+]5CCCCC5)cc-4oc4cc(N5CCN(C(=O)C(O)COOI)CC5)ccc34)cc2S1. The number of aliphatic hydroxyl groups is 1. The fourth-order valence-corrected chi connectivity index (χ4v) is 8.36. The number of anilines is 2. The van der Waals surface area contributed by atoms with Crippen molar-refractivity contribution in [2.75, 3.05) is 62.6 Å². The molecule has 2 aromatic carbocycles. The molecule has 0 radical (unpaired) electrons. The van der Waals surface area contributed by atoms with Crippen LogP contribution >= 0.6 is 34.8 Å². The van der Waals surface area contributed by atoms with E-state index in [1.807, 2.05) is 11.8 Å². The van der Waals surface area contributed by atoms with Gasteiger partial charge in [-0.1, -0.05) is 19.9 Å². The van der Waals surface area contributed by atoms with Gasteiger partial charge in [0, 0.05) is 95.7 Å². The van der Waals surface area contributed by atoms with Gasteiger partial charge in [0.2, 0.25) is 5.36 Å². The van der Waals surface area contributed by atoms with Crippen LogP contribution in [0.1, 0.15) is 33.1 Å². The van der Waals surface area contributed by atoms with E-state index in [9.17, 15) is 9.90 Å². The summed E-state index contributed by atoms with van der Waals surface area (Å²) in [7, 11) is 0. The summed E-state index contributed by atoms with van der Waals surface area (Å²) in [6.07, 6.45) is 2.49. The van der Waals surface area contributed by atoms with Crippen molar-refractivity contribution < 1.29 is 22.4 Å². The van der Waals surface area contributed by atoms with Crippen LogP contribution in [0.25, 0.3) is 33.4 Å². The minimum atomic E-state index is -1.24. The molecule has 4 heterocycles. The van der Waals surface area contributed by atoms with E-state index in [4.69, 9.17) is 9.30 Å². The third-order valence-corrected chi connectivity index (χ3v) is 11.6. The number of fused-ring (bicyclic) bond motifs is 3. The molecule has 4 aliphatic heterocycles. The lowest BCUT2D eigenvalue weighted by Crippen LogP contribution is -2.52. The third kappa shape index (κ3) is 6.87. The molecule has 0 saturated carbocycles. The van der Waals surface area contributed by atoms with Gasteiger partial charge in [-0.3, -0.25) is 4.79 Å². The Balaban J connectivity index is 1.26. The van der Waals surface area contributed by atoms with E-state index < -0.39 is 6.10 Å². The van der Waals surface area contributed by atoms with Crippen LogP contribution < -0.4 is 20.1 Å². The fourth-order valence-electron chi connectivity index (χ4n) is 6.99. The number of nitrogens with one attached hydrogen (secondary N) is 1. The summed E-state index contributed by atoms with van der Waals surface area (Å²) in [5.41, 5.74) is 6.59. The molecule has 5 aliphatic rings. The second-order valence-corrected chi connectivity index (χ2v) is 14.7. The minimum Gasteiger partial charge on any atom is -0.456 e. The number of hydrogen-bond acceptors (Lipinski definition) is 8.